The highest BCUT2D eigenvalue weighted by Gasteiger charge is 2.34. The van der Waals surface area contributed by atoms with Crippen LogP contribution in [0.5, 0.6) is 5.88 Å². The fourth-order valence-electron chi connectivity index (χ4n) is 0.985. The first-order valence-electron chi connectivity index (χ1n) is 3.92. The average Bonchev–Trinajstić information content (AvgIpc) is 2.26. The Balaban J connectivity index is 3.43. The van der Waals surface area contributed by atoms with E-state index in [1.54, 1.807) is 0 Å². The van der Waals surface area contributed by atoms with E-state index in [-0.39, 0.29) is 5.56 Å². The van der Waals surface area contributed by atoms with Crippen molar-refractivity contribution in [2.45, 2.75) is 6.36 Å². The predicted octanol–water partition coefficient (Wildman–Crippen LogP) is 1.60. The molecular weight excluding hydrogens is 237 g/mol. The molecule has 8 heteroatoms. The van der Waals surface area contributed by atoms with E-state index in [1.165, 1.54) is 18.2 Å². The van der Waals surface area contributed by atoms with Crippen molar-refractivity contribution in [2.24, 2.45) is 0 Å². The van der Waals surface area contributed by atoms with Crippen LogP contribution in [-0.4, -0.2) is 11.3 Å². The van der Waals surface area contributed by atoms with Gasteiger partial charge in [0.15, 0.2) is 0 Å². The predicted molar refractivity (Wildman–Crippen MR) is 45.1 cm³/mol. The van der Waals surface area contributed by atoms with E-state index < -0.39 is 23.4 Å². The number of nitriles is 3. The Hall–Kier alpha value is -2.79. The van der Waals surface area contributed by atoms with Crippen molar-refractivity contribution in [1.82, 2.24) is 4.98 Å². The maximum Gasteiger partial charge on any atom is 0.574 e. The van der Waals surface area contributed by atoms with E-state index >= 15 is 0 Å². The maximum atomic E-state index is 12.0. The standard InChI is InChI=1S/C9HF3N4O/c10-9(11,12)17-8-7(3-15)6(2-14)5(1-13)4-16-8/h4H. The summed E-state index contributed by atoms with van der Waals surface area (Å²) in [5.74, 6) is -1.05. The Morgan fingerprint density at radius 2 is 1.65 bits per heavy atom. The summed E-state index contributed by atoms with van der Waals surface area (Å²) in [6, 6.07) is 4.35. The van der Waals surface area contributed by atoms with Gasteiger partial charge in [0.05, 0.1) is 17.3 Å². The lowest BCUT2D eigenvalue weighted by atomic mass is 10.1. The van der Waals surface area contributed by atoms with Gasteiger partial charge in [0, 0.05) is 0 Å². The van der Waals surface area contributed by atoms with Gasteiger partial charge in [-0.15, -0.1) is 13.2 Å². The van der Waals surface area contributed by atoms with Gasteiger partial charge in [0.2, 0.25) is 5.88 Å². The second kappa shape index (κ2) is 4.38. The molecule has 5 nitrogen and oxygen atoms in total. The number of ether oxygens (including phenoxy) is 1. The normalized spacial score (nSPS) is 9.88. The lowest BCUT2D eigenvalue weighted by Gasteiger charge is -2.09. The van der Waals surface area contributed by atoms with Crippen LogP contribution in [0.25, 0.3) is 0 Å². The zero-order valence-electron chi connectivity index (χ0n) is 7.91. The van der Waals surface area contributed by atoms with Crippen molar-refractivity contribution in [3.8, 4) is 24.1 Å². The molecule has 1 aromatic heterocycles. The molecule has 0 unspecified atom stereocenters. The lowest BCUT2D eigenvalue weighted by Crippen LogP contribution is -2.19. The topological polar surface area (TPSA) is 93.5 Å². The van der Waals surface area contributed by atoms with Crippen molar-refractivity contribution in [3.63, 3.8) is 0 Å². The zero-order chi connectivity index (χ0) is 13.1. The molecule has 0 bridgehead atoms. The van der Waals surface area contributed by atoms with Crippen LogP contribution in [0.4, 0.5) is 13.2 Å². The molecule has 17 heavy (non-hydrogen) atoms. The first kappa shape index (κ1) is 12.3. The van der Waals surface area contributed by atoms with Crippen LogP contribution in [-0.2, 0) is 0 Å². The summed E-state index contributed by atoms with van der Waals surface area (Å²) in [5, 5.41) is 25.9. The van der Waals surface area contributed by atoms with Crippen molar-refractivity contribution in [2.75, 3.05) is 0 Å². The summed E-state index contributed by atoms with van der Waals surface area (Å²) in [6.45, 7) is 0. The molecule has 1 aromatic rings. The third kappa shape index (κ3) is 2.61. The number of hydrogen-bond acceptors (Lipinski definition) is 5. The van der Waals surface area contributed by atoms with E-state index in [9.17, 15) is 13.2 Å². The average molecular weight is 238 g/mol. The number of rotatable bonds is 1. The van der Waals surface area contributed by atoms with Gasteiger partial charge in [-0.3, -0.25) is 0 Å². The minimum absolute atomic E-state index is 0.293. The first-order chi connectivity index (χ1) is 7.92. The molecule has 1 rings (SSSR count). The Morgan fingerprint density at radius 3 is 2.06 bits per heavy atom. The molecule has 0 aromatic carbocycles. The Labute approximate surface area is 92.9 Å². The molecule has 0 fully saturated rings. The lowest BCUT2D eigenvalue weighted by molar-refractivity contribution is -0.276. The van der Waals surface area contributed by atoms with Gasteiger partial charge >= 0.3 is 6.36 Å². The van der Waals surface area contributed by atoms with Gasteiger partial charge in [0.25, 0.3) is 0 Å². The Bertz CT molecular complexity index is 574. The van der Waals surface area contributed by atoms with E-state index in [0.29, 0.717) is 0 Å². The first-order valence-corrected chi connectivity index (χ1v) is 3.92. The molecule has 0 N–H and O–H groups in total. The van der Waals surface area contributed by atoms with Gasteiger partial charge in [-0.2, -0.15) is 15.8 Å². The smallest absolute Gasteiger partial charge is 0.386 e. The summed E-state index contributed by atoms with van der Waals surface area (Å²) < 4.78 is 39.3. The third-order valence-electron chi connectivity index (χ3n) is 1.60. The van der Waals surface area contributed by atoms with Gasteiger partial charge < -0.3 is 4.74 Å². The SMILES string of the molecule is N#Cc1cnc(OC(F)(F)F)c(C#N)c1C#N. The van der Waals surface area contributed by atoms with Crippen molar-refractivity contribution in [3.05, 3.63) is 22.9 Å². The highest BCUT2D eigenvalue weighted by Crippen LogP contribution is 2.27. The second-order valence-electron chi connectivity index (χ2n) is 2.61. The summed E-state index contributed by atoms with van der Waals surface area (Å²) in [7, 11) is 0. The number of nitrogens with zero attached hydrogens (tertiary/aromatic N) is 4. The number of pyridine rings is 1. The van der Waals surface area contributed by atoms with E-state index in [2.05, 4.69) is 9.72 Å². The van der Waals surface area contributed by atoms with Gasteiger partial charge in [-0.1, -0.05) is 0 Å². The molecule has 0 amide bonds. The quantitative estimate of drug-likeness (QED) is 0.740. The van der Waals surface area contributed by atoms with Gasteiger partial charge in [-0.05, 0) is 0 Å². The number of hydrogen-bond donors (Lipinski definition) is 0. The minimum atomic E-state index is -5.03. The van der Waals surface area contributed by atoms with Crippen molar-refractivity contribution >= 4 is 0 Å². The molecule has 0 aliphatic rings. The number of alkyl halides is 3. The number of aromatic nitrogens is 1. The van der Waals surface area contributed by atoms with Crippen LogP contribution >= 0.6 is 0 Å². The Kier molecular flexibility index (Phi) is 3.16. The molecule has 0 saturated heterocycles. The van der Waals surface area contributed by atoms with Gasteiger partial charge in [-0.25, -0.2) is 4.98 Å². The molecule has 0 saturated carbocycles. The van der Waals surface area contributed by atoms with Crippen LogP contribution in [0.3, 0.4) is 0 Å². The zero-order valence-corrected chi connectivity index (χ0v) is 7.91. The largest absolute Gasteiger partial charge is 0.574 e. The molecule has 0 spiro atoms. The van der Waals surface area contributed by atoms with Crippen LogP contribution in [0.2, 0.25) is 0 Å². The van der Waals surface area contributed by atoms with Crippen molar-refractivity contribution < 1.29 is 17.9 Å². The molecule has 1 heterocycles. The summed E-state index contributed by atoms with van der Waals surface area (Å²) in [4.78, 5) is 3.18. The van der Waals surface area contributed by atoms with Crippen LogP contribution in [0, 0.1) is 34.0 Å². The number of halogens is 3. The molecular formula is C9HF3N4O. The summed E-state index contributed by atoms with van der Waals surface area (Å²) >= 11 is 0. The molecule has 0 radical (unpaired) electrons. The highest BCUT2D eigenvalue weighted by atomic mass is 19.4. The summed E-state index contributed by atoms with van der Waals surface area (Å²) in [5.41, 5.74) is -1.51. The monoisotopic (exact) mass is 238 g/mol. The van der Waals surface area contributed by atoms with Gasteiger partial charge in [0.1, 0.15) is 23.8 Å². The van der Waals surface area contributed by atoms with E-state index in [4.69, 9.17) is 15.8 Å². The molecule has 0 atom stereocenters. The highest BCUT2D eigenvalue weighted by molar-refractivity contribution is 5.57. The third-order valence-corrected chi connectivity index (χ3v) is 1.60. The minimum Gasteiger partial charge on any atom is -0.386 e. The maximum absolute atomic E-state index is 12.0. The van der Waals surface area contributed by atoms with Crippen LogP contribution in [0.1, 0.15) is 16.7 Å². The van der Waals surface area contributed by atoms with Crippen LogP contribution < -0.4 is 4.74 Å². The fraction of sp³-hybridized carbons (Fsp3) is 0.111. The van der Waals surface area contributed by atoms with Crippen molar-refractivity contribution in [1.29, 1.82) is 15.8 Å². The molecule has 0 aliphatic carbocycles. The van der Waals surface area contributed by atoms with E-state index in [0.717, 1.165) is 6.20 Å². The molecule has 84 valence electrons. The Morgan fingerprint density at radius 1 is 1.06 bits per heavy atom. The second-order valence-corrected chi connectivity index (χ2v) is 2.61. The summed E-state index contributed by atoms with van der Waals surface area (Å²) in [6.07, 6.45) is -4.29. The molecule has 0 aliphatic heterocycles. The van der Waals surface area contributed by atoms with E-state index in [1.807, 2.05) is 0 Å². The fourth-order valence-corrected chi connectivity index (χ4v) is 0.985. The van der Waals surface area contributed by atoms with Crippen LogP contribution in [0.15, 0.2) is 6.20 Å².